The predicted molar refractivity (Wildman–Crippen MR) is 103 cm³/mol. The van der Waals surface area contributed by atoms with Crippen LogP contribution in [0.3, 0.4) is 0 Å². The van der Waals surface area contributed by atoms with Crippen LogP contribution in [-0.2, 0) is 17.8 Å². The van der Waals surface area contributed by atoms with Crippen LogP contribution in [0.25, 0.3) is 0 Å². The van der Waals surface area contributed by atoms with Crippen LogP contribution < -0.4 is 5.32 Å². The van der Waals surface area contributed by atoms with Gasteiger partial charge in [0.05, 0.1) is 11.8 Å². The van der Waals surface area contributed by atoms with Gasteiger partial charge in [-0.25, -0.2) is 0 Å². The van der Waals surface area contributed by atoms with Gasteiger partial charge in [-0.3, -0.25) is 4.79 Å². The molecule has 1 aromatic heterocycles. The Kier molecular flexibility index (Phi) is 5.11. The van der Waals surface area contributed by atoms with E-state index in [9.17, 15) is 4.79 Å². The van der Waals surface area contributed by atoms with Gasteiger partial charge in [0.1, 0.15) is 5.82 Å². The molecule has 5 nitrogen and oxygen atoms in total. The molecular weight excluding hydrogens is 344 g/mol. The minimum Gasteiger partial charge on any atom is -0.349 e. The smallest absolute Gasteiger partial charge is 0.230 e. The Balaban J connectivity index is 1.38. The number of rotatable bonds is 7. The summed E-state index contributed by atoms with van der Waals surface area (Å²) in [5, 5.41) is 12.6. The third-order valence-electron chi connectivity index (χ3n) is 5.04. The highest BCUT2D eigenvalue weighted by atomic mass is 32.2. The highest BCUT2D eigenvalue weighted by Gasteiger charge is 2.30. The van der Waals surface area contributed by atoms with Crippen molar-refractivity contribution in [3.63, 3.8) is 0 Å². The summed E-state index contributed by atoms with van der Waals surface area (Å²) >= 11 is 1.46. The van der Waals surface area contributed by atoms with Crippen molar-refractivity contribution >= 4 is 17.7 Å². The number of fused-ring (bicyclic) bond motifs is 1. The topological polar surface area (TPSA) is 59.8 Å². The monoisotopic (exact) mass is 368 g/mol. The number of carbonyl (C=O) groups is 1. The summed E-state index contributed by atoms with van der Waals surface area (Å²) in [5.41, 5.74) is 2.62. The van der Waals surface area contributed by atoms with Crippen molar-refractivity contribution in [1.82, 2.24) is 20.1 Å². The molecule has 1 aromatic carbocycles. The van der Waals surface area contributed by atoms with E-state index in [2.05, 4.69) is 50.9 Å². The number of aromatic nitrogens is 3. The molecule has 0 spiro atoms. The molecule has 6 heteroatoms. The number of amides is 1. The molecule has 1 atom stereocenters. The van der Waals surface area contributed by atoms with E-state index in [1.807, 2.05) is 6.08 Å². The summed E-state index contributed by atoms with van der Waals surface area (Å²) in [5.74, 6) is 1.98. The molecule has 1 heterocycles. The molecule has 2 aliphatic rings. The zero-order valence-corrected chi connectivity index (χ0v) is 15.7. The second kappa shape index (κ2) is 7.66. The second-order valence-corrected chi connectivity index (χ2v) is 7.96. The summed E-state index contributed by atoms with van der Waals surface area (Å²) in [6, 6.07) is 8.55. The highest BCUT2D eigenvalue weighted by molar-refractivity contribution is 7.99. The first-order valence-corrected chi connectivity index (χ1v) is 10.3. The fraction of sp³-hybridized carbons (Fsp3) is 0.450. The summed E-state index contributed by atoms with van der Waals surface area (Å²) in [7, 11) is 0. The zero-order chi connectivity index (χ0) is 17.9. The molecule has 1 N–H and O–H groups in total. The first-order chi connectivity index (χ1) is 12.8. The molecule has 0 radical (unpaired) electrons. The summed E-state index contributed by atoms with van der Waals surface area (Å²) in [4.78, 5) is 12.5. The molecule has 2 aromatic rings. The second-order valence-electron chi connectivity index (χ2n) is 7.01. The third kappa shape index (κ3) is 3.70. The van der Waals surface area contributed by atoms with Crippen molar-refractivity contribution in [2.24, 2.45) is 0 Å². The average molecular weight is 369 g/mol. The number of nitrogens with zero attached hydrogens (tertiary/aromatic N) is 3. The van der Waals surface area contributed by atoms with Crippen LogP contribution in [0.15, 0.2) is 42.1 Å². The lowest BCUT2D eigenvalue weighted by atomic mass is 9.88. The van der Waals surface area contributed by atoms with Gasteiger partial charge in [0.25, 0.3) is 0 Å². The van der Waals surface area contributed by atoms with E-state index < -0.39 is 0 Å². The normalized spacial score (nSPS) is 19.0. The first kappa shape index (κ1) is 17.3. The standard InChI is InChI=1S/C20H24N4OS/c1-2-12-24-19(15-10-11-15)22-23-20(24)26-13-18(25)21-17-9-5-7-14-6-3-4-8-16(14)17/h2-4,6,8,15,17H,1,5,7,9-13H2,(H,21,25)/t17-/m1/s1. The lowest BCUT2D eigenvalue weighted by molar-refractivity contribution is -0.119. The molecule has 1 fully saturated rings. The minimum atomic E-state index is 0.0535. The van der Waals surface area contributed by atoms with Crippen molar-refractivity contribution in [1.29, 1.82) is 0 Å². The van der Waals surface area contributed by atoms with E-state index in [0.29, 0.717) is 18.2 Å². The Morgan fingerprint density at radius 1 is 1.31 bits per heavy atom. The molecule has 4 rings (SSSR count). The molecule has 0 bridgehead atoms. The molecule has 1 amide bonds. The third-order valence-corrected chi connectivity index (χ3v) is 6.00. The Labute approximate surface area is 158 Å². The fourth-order valence-corrected chi connectivity index (χ4v) is 4.39. The quantitative estimate of drug-likeness (QED) is 0.599. The Bertz CT molecular complexity index is 812. The average Bonchev–Trinajstić information content (AvgIpc) is 3.42. The Hall–Kier alpha value is -2.08. The van der Waals surface area contributed by atoms with Gasteiger partial charge in [-0.05, 0) is 43.2 Å². The van der Waals surface area contributed by atoms with Crippen molar-refractivity contribution < 1.29 is 4.79 Å². The first-order valence-electron chi connectivity index (χ1n) is 9.30. The number of carbonyl (C=O) groups excluding carboxylic acids is 1. The van der Waals surface area contributed by atoms with Gasteiger partial charge in [0, 0.05) is 12.5 Å². The van der Waals surface area contributed by atoms with Gasteiger partial charge in [-0.2, -0.15) is 0 Å². The maximum absolute atomic E-state index is 12.5. The number of benzene rings is 1. The molecule has 1 saturated carbocycles. The van der Waals surface area contributed by atoms with Crippen LogP contribution >= 0.6 is 11.8 Å². The molecular formula is C20H24N4OS. The number of nitrogens with one attached hydrogen (secondary N) is 1. The van der Waals surface area contributed by atoms with Crippen molar-refractivity contribution in [2.75, 3.05) is 5.75 Å². The molecule has 26 heavy (non-hydrogen) atoms. The van der Waals surface area contributed by atoms with E-state index in [1.165, 1.54) is 35.7 Å². The Morgan fingerprint density at radius 3 is 2.96 bits per heavy atom. The van der Waals surface area contributed by atoms with Crippen LogP contribution in [0.2, 0.25) is 0 Å². The number of aryl methyl sites for hydroxylation is 1. The predicted octanol–water partition coefficient (Wildman–Crippen LogP) is 3.63. The number of hydrogen-bond donors (Lipinski definition) is 1. The zero-order valence-electron chi connectivity index (χ0n) is 14.9. The maximum Gasteiger partial charge on any atom is 0.230 e. The summed E-state index contributed by atoms with van der Waals surface area (Å²) < 4.78 is 2.10. The van der Waals surface area contributed by atoms with E-state index >= 15 is 0 Å². The van der Waals surface area contributed by atoms with E-state index in [-0.39, 0.29) is 11.9 Å². The number of allylic oxidation sites excluding steroid dienone is 1. The molecule has 0 saturated heterocycles. The van der Waals surface area contributed by atoms with Gasteiger partial charge in [-0.15, -0.1) is 16.8 Å². The number of thioether (sulfide) groups is 1. The maximum atomic E-state index is 12.5. The van der Waals surface area contributed by atoms with Crippen LogP contribution in [0, 0.1) is 0 Å². The van der Waals surface area contributed by atoms with Crippen LogP contribution in [0.5, 0.6) is 0 Å². The highest BCUT2D eigenvalue weighted by Crippen LogP contribution is 2.40. The van der Waals surface area contributed by atoms with Crippen molar-refractivity contribution in [3.05, 3.63) is 53.9 Å². The lowest BCUT2D eigenvalue weighted by Crippen LogP contribution is -2.32. The molecule has 2 aliphatic carbocycles. The molecule has 136 valence electrons. The van der Waals surface area contributed by atoms with Crippen LogP contribution in [0.1, 0.15) is 54.6 Å². The molecule has 0 aliphatic heterocycles. The van der Waals surface area contributed by atoms with E-state index in [0.717, 1.165) is 30.2 Å². The lowest BCUT2D eigenvalue weighted by Gasteiger charge is -2.26. The van der Waals surface area contributed by atoms with Crippen LogP contribution in [-0.4, -0.2) is 26.4 Å². The van der Waals surface area contributed by atoms with Gasteiger partial charge in [-0.1, -0.05) is 42.1 Å². The van der Waals surface area contributed by atoms with Gasteiger partial charge >= 0.3 is 0 Å². The van der Waals surface area contributed by atoms with Crippen molar-refractivity contribution in [3.8, 4) is 0 Å². The van der Waals surface area contributed by atoms with Gasteiger partial charge < -0.3 is 9.88 Å². The van der Waals surface area contributed by atoms with E-state index in [4.69, 9.17) is 0 Å². The van der Waals surface area contributed by atoms with Gasteiger partial charge in [0.2, 0.25) is 5.91 Å². The fourth-order valence-electron chi connectivity index (χ4n) is 3.62. The van der Waals surface area contributed by atoms with E-state index in [1.54, 1.807) is 0 Å². The van der Waals surface area contributed by atoms with Crippen molar-refractivity contribution in [2.45, 2.75) is 55.8 Å². The summed E-state index contributed by atoms with van der Waals surface area (Å²) in [6.45, 7) is 4.52. The van der Waals surface area contributed by atoms with Gasteiger partial charge in [0.15, 0.2) is 5.16 Å². The number of hydrogen-bond acceptors (Lipinski definition) is 4. The minimum absolute atomic E-state index is 0.0535. The summed E-state index contributed by atoms with van der Waals surface area (Å²) in [6.07, 6.45) is 7.45. The Morgan fingerprint density at radius 2 is 2.15 bits per heavy atom. The largest absolute Gasteiger partial charge is 0.349 e. The molecule has 0 unspecified atom stereocenters. The van der Waals surface area contributed by atoms with Crippen LogP contribution in [0.4, 0.5) is 0 Å². The SMILES string of the molecule is C=CCn1c(SCC(=O)N[C@@H]2CCCc3ccccc32)nnc1C1CC1.